The largest absolute Gasteiger partial charge is 0.454 e. The Kier molecular flexibility index (Phi) is 4.89. The summed E-state index contributed by atoms with van der Waals surface area (Å²) in [5, 5.41) is 2.96. The monoisotopic (exact) mass is 372 g/mol. The van der Waals surface area contributed by atoms with Crippen molar-refractivity contribution < 1.29 is 14.3 Å². The lowest BCUT2D eigenvalue weighted by atomic mass is 9.93. The van der Waals surface area contributed by atoms with Crippen LogP contribution >= 0.6 is 0 Å². The Morgan fingerprint density at radius 2 is 1.89 bits per heavy atom. The van der Waals surface area contributed by atoms with Gasteiger partial charge in [0.15, 0.2) is 0 Å². The molecule has 140 valence electrons. The van der Waals surface area contributed by atoms with Crippen LogP contribution in [-0.4, -0.2) is 16.9 Å². The number of hydrogen-bond donors (Lipinski definition) is 1. The first-order chi connectivity index (χ1) is 13.6. The SMILES string of the molecule is CC(NC(=O)c1ccc2c(c1)CC(c1ccccc1)OC2=O)c1ccccn1. The number of aromatic nitrogens is 1. The molecule has 2 heterocycles. The number of ether oxygens (including phenoxy) is 1. The maximum atomic E-state index is 12.7. The summed E-state index contributed by atoms with van der Waals surface area (Å²) in [5.74, 6) is -0.555. The van der Waals surface area contributed by atoms with Gasteiger partial charge in [-0.3, -0.25) is 9.78 Å². The van der Waals surface area contributed by atoms with Crippen LogP contribution in [0.5, 0.6) is 0 Å². The normalized spacial score (nSPS) is 16.6. The Balaban J connectivity index is 1.55. The third kappa shape index (κ3) is 3.64. The Morgan fingerprint density at radius 3 is 2.64 bits per heavy atom. The number of carbonyl (C=O) groups is 2. The Hall–Kier alpha value is -3.47. The molecule has 28 heavy (non-hydrogen) atoms. The zero-order valence-corrected chi connectivity index (χ0v) is 15.5. The summed E-state index contributed by atoms with van der Waals surface area (Å²) >= 11 is 0. The van der Waals surface area contributed by atoms with E-state index in [2.05, 4.69) is 10.3 Å². The molecule has 2 unspecified atom stereocenters. The molecule has 1 aliphatic heterocycles. The highest BCUT2D eigenvalue weighted by Crippen LogP contribution is 2.31. The number of hydrogen-bond acceptors (Lipinski definition) is 4. The second-order valence-corrected chi connectivity index (χ2v) is 6.83. The average molecular weight is 372 g/mol. The standard InChI is InChI=1S/C23H20N2O3/c1-15(20-9-5-6-12-24-20)25-22(26)17-10-11-19-18(13-17)14-21(28-23(19)27)16-7-3-2-4-8-16/h2-13,15,21H,14H2,1H3,(H,25,26). The molecule has 5 nitrogen and oxygen atoms in total. The van der Waals surface area contributed by atoms with Crippen LogP contribution in [0.25, 0.3) is 0 Å². The van der Waals surface area contributed by atoms with Gasteiger partial charge in [-0.25, -0.2) is 4.79 Å². The number of nitrogens with zero attached hydrogens (tertiary/aromatic N) is 1. The molecule has 2 atom stereocenters. The first kappa shape index (κ1) is 17.9. The molecule has 3 aromatic rings. The first-order valence-corrected chi connectivity index (χ1v) is 9.22. The molecule has 5 heteroatoms. The maximum absolute atomic E-state index is 12.7. The van der Waals surface area contributed by atoms with Gasteiger partial charge in [-0.15, -0.1) is 0 Å². The molecule has 2 aromatic carbocycles. The van der Waals surface area contributed by atoms with E-state index in [1.165, 1.54) is 0 Å². The zero-order valence-electron chi connectivity index (χ0n) is 15.5. The first-order valence-electron chi connectivity index (χ1n) is 9.22. The van der Waals surface area contributed by atoms with Crippen LogP contribution < -0.4 is 5.32 Å². The van der Waals surface area contributed by atoms with Crippen LogP contribution in [0.3, 0.4) is 0 Å². The summed E-state index contributed by atoms with van der Waals surface area (Å²) in [6.07, 6.45) is 1.90. The minimum absolute atomic E-state index is 0.198. The fourth-order valence-electron chi connectivity index (χ4n) is 3.38. The van der Waals surface area contributed by atoms with Crippen molar-refractivity contribution in [3.8, 4) is 0 Å². The van der Waals surface area contributed by atoms with Crippen LogP contribution in [0.2, 0.25) is 0 Å². The van der Waals surface area contributed by atoms with Gasteiger partial charge in [0.2, 0.25) is 0 Å². The van der Waals surface area contributed by atoms with Crippen molar-refractivity contribution in [3.63, 3.8) is 0 Å². The number of pyridine rings is 1. The summed E-state index contributed by atoms with van der Waals surface area (Å²) in [6, 6.07) is 20.1. The van der Waals surface area contributed by atoms with Gasteiger partial charge in [0.1, 0.15) is 6.10 Å². The smallest absolute Gasteiger partial charge is 0.339 e. The third-order valence-electron chi connectivity index (χ3n) is 4.89. The lowest BCUT2D eigenvalue weighted by Crippen LogP contribution is -2.28. The topological polar surface area (TPSA) is 68.3 Å². The van der Waals surface area contributed by atoms with Gasteiger partial charge in [-0.05, 0) is 48.4 Å². The number of esters is 1. The molecule has 0 bridgehead atoms. The zero-order chi connectivity index (χ0) is 19.5. The second kappa shape index (κ2) is 7.64. The highest BCUT2D eigenvalue weighted by molar-refractivity contribution is 5.98. The van der Waals surface area contributed by atoms with Crippen LogP contribution in [0, 0.1) is 0 Å². The van der Waals surface area contributed by atoms with Crippen molar-refractivity contribution in [2.45, 2.75) is 25.5 Å². The van der Waals surface area contributed by atoms with Gasteiger partial charge in [-0.2, -0.15) is 0 Å². The molecule has 0 aliphatic carbocycles. The van der Waals surface area contributed by atoms with Crippen LogP contribution in [0.15, 0.2) is 72.9 Å². The quantitative estimate of drug-likeness (QED) is 0.702. The number of benzene rings is 2. The van der Waals surface area contributed by atoms with Crippen molar-refractivity contribution in [1.29, 1.82) is 0 Å². The summed E-state index contributed by atoms with van der Waals surface area (Å²) in [5.41, 5.74) is 3.59. The molecule has 0 fully saturated rings. The molecule has 1 aromatic heterocycles. The number of cyclic esters (lactones) is 1. The number of carbonyl (C=O) groups excluding carboxylic acids is 2. The lowest BCUT2D eigenvalue weighted by molar-refractivity contribution is 0.0252. The Bertz CT molecular complexity index is 1000. The van der Waals surface area contributed by atoms with E-state index in [0.717, 1.165) is 16.8 Å². The van der Waals surface area contributed by atoms with E-state index in [-0.39, 0.29) is 24.0 Å². The minimum Gasteiger partial charge on any atom is -0.454 e. The van der Waals surface area contributed by atoms with Gasteiger partial charge < -0.3 is 10.1 Å². The van der Waals surface area contributed by atoms with E-state index in [1.54, 1.807) is 24.4 Å². The molecular formula is C23H20N2O3. The number of amides is 1. The average Bonchev–Trinajstić information content (AvgIpc) is 2.74. The summed E-state index contributed by atoms with van der Waals surface area (Å²) in [6.45, 7) is 1.89. The molecular weight excluding hydrogens is 352 g/mol. The Labute approximate surface area is 163 Å². The van der Waals surface area contributed by atoms with Crippen molar-refractivity contribution in [2.75, 3.05) is 0 Å². The molecule has 0 spiro atoms. The highest BCUT2D eigenvalue weighted by Gasteiger charge is 2.28. The van der Waals surface area contributed by atoms with E-state index < -0.39 is 0 Å². The van der Waals surface area contributed by atoms with E-state index in [4.69, 9.17) is 4.74 Å². The number of nitrogens with one attached hydrogen (secondary N) is 1. The number of fused-ring (bicyclic) bond motifs is 1. The molecule has 1 amide bonds. The second-order valence-electron chi connectivity index (χ2n) is 6.83. The summed E-state index contributed by atoms with van der Waals surface area (Å²) < 4.78 is 5.57. The number of rotatable bonds is 4. The maximum Gasteiger partial charge on any atom is 0.339 e. The van der Waals surface area contributed by atoms with E-state index in [9.17, 15) is 9.59 Å². The minimum atomic E-state index is -0.357. The van der Waals surface area contributed by atoms with Crippen molar-refractivity contribution in [1.82, 2.24) is 10.3 Å². The van der Waals surface area contributed by atoms with Crippen LogP contribution in [-0.2, 0) is 11.2 Å². The van der Waals surface area contributed by atoms with E-state index in [1.807, 2.05) is 55.5 Å². The fraction of sp³-hybridized carbons (Fsp3) is 0.174. The lowest BCUT2D eigenvalue weighted by Gasteiger charge is -2.25. The molecule has 4 rings (SSSR count). The van der Waals surface area contributed by atoms with Crippen LogP contribution in [0.4, 0.5) is 0 Å². The third-order valence-corrected chi connectivity index (χ3v) is 4.89. The predicted molar refractivity (Wildman–Crippen MR) is 105 cm³/mol. The van der Waals surface area contributed by atoms with Crippen molar-refractivity contribution >= 4 is 11.9 Å². The van der Waals surface area contributed by atoms with Gasteiger partial charge in [-0.1, -0.05) is 36.4 Å². The predicted octanol–water partition coefficient (Wildman–Crippen LogP) is 4.03. The molecule has 0 saturated heterocycles. The van der Waals surface area contributed by atoms with Gasteiger partial charge >= 0.3 is 5.97 Å². The van der Waals surface area contributed by atoms with Gasteiger partial charge in [0.05, 0.1) is 17.3 Å². The summed E-state index contributed by atoms with van der Waals surface area (Å²) in [4.78, 5) is 29.3. The van der Waals surface area contributed by atoms with Crippen molar-refractivity contribution in [3.05, 3.63) is 101 Å². The summed E-state index contributed by atoms with van der Waals surface area (Å²) in [7, 11) is 0. The molecule has 1 aliphatic rings. The van der Waals surface area contributed by atoms with Crippen LogP contribution in [0.1, 0.15) is 56.6 Å². The molecule has 0 radical (unpaired) electrons. The molecule has 1 N–H and O–H groups in total. The molecule has 0 saturated carbocycles. The fourth-order valence-corrected chi connectivity index (χ4v) is 3.38. The Morgan fingerprint density at radius 1 is 1.11 bits per heavy atom. The van der Waals surface area contributed by atoms with E-state index in [0.29, 0.717) is 17.5 Å². The van der Waals surface area contributed by atoms with E-state index >= 15 is 0 Å². The van der Waals surface area contributed by atoms with Gasteiger partial charge in [0, 0.05) is 18.2 Å². The van der Waals surface area contributed by atoms with Crippen molar-refractivity contribution in [2.24, 2.45) is 0 Å². The highest BCUT2D eigenvalue weighted by atomic mass is 16.5. The van der Waals surface area contributed by atoms with Gasteiger partial charge in [0.25, 0.3) is 5.91 Å².